The first-order valence-electron chi connectivity index (χ1n) is 6.24. The van der Waals surface area contributed by atoms with E-state index in [1.54, 1.807) is 13.8 Å². The standard InChI is InChI=1S/C14H13ClN2O4/c1-3-21-13(19)10-7-9(4-5-11(10)15)17-12(18)6-8(2)16-14(17)20/h4-7H,3H2,1-2H3,(H,16,20). The van der Waals surface area contributed by atoms with Gasteiger partial charge >= 0.3 is 11.7 Å². The molecule has 0 aliphatic carbocycles. The van der Waals surface area contributed by atoms with Gasteiger partial charge in [0.05, 0.1) is 22.9 Å². The highest BCUT2D eigenvalue weighted by Crippen LogP contribution is 2.19. The Hall–Kier alpha value is -2.34. The zero-order valence-corrected chi connectivity index (χ0v) is 12.2. The van der Waals surface area contributed by atoms with Crippen LogP contribution in [-0.4, -0.2) is 22.1 Å². The van der Waals surface area contributed by atoms with Crippen molar-refractivity contribution >= 4 is 17.6 Å². The summed E-state index contributed by atoms with van der Waals surface area (Å²) in [6.45, 7) is 3.48. The monoisotopic (exact) mass is 308 g/mol. The average molecular weight is 309 g/mol. The van der Waals surface area contributed by atoms with Gasteiger partial charge in [-0.1, -0.05) is 11.6 Å². The second-order valence-corrected chi connectivity index (χ2v) is 4.72. The fourth-order valence-electron chi connectivity index (χ4n) is 1.87. The molecule has 0 atom stereocenters. The average Bonchev–Trinajstić information content (AvgIpc) is 2.39. The third-order valence-electron chi connectivity index (χ3n) is 2.77. The molecule has 0 amide bonds. The molecule has 21 heavy (non-hydrogen) atoms. The number of esters is 1. The Kier molecular flexibility index (Phi) is 4.28. The van der Waals surface area contributed by atoms with E-state index in [4.69, 9.17) is 16.3 Å². The van der Waals surface area contributed by atoms with Gasteiger partial charge in [0.2, 0.25) is 0 Å². The normalized spacial score (nSPS) is 10.4. The summed E-state index contributed by atoms with van der Waals surface area (Å²) in [5, 5.41) is 0.189. The van der Waals surface area contributed by atoms with E-state index in [1.165, 1.54) is 24.3 Å². The summed E-state index contributed by atoms with van der Waals surface area (Å²) in [5.74, 6) is -0.610. The molecule has 1 heterocycles. The molecule has 110 valence electrons. The number of hydrogen-bond acceptors (Lipinski definition) is 4. The molecule has 1 N–H and O–H groups in total. The predicted octanol–water partition coefficient (Wildman–Crippen LogP) is 1.66. The number of rotatable bonds is 3. The maximum Gasteiger partial charge on any atom is 0.339 e. The molecule has 1 aromatic carbocycles. The number of aryl methyl sites for hydroxylation is 1. The largest absolute Gasteiger partial charge is 0.462 e. The molecule has 2 rings (SSSR count). The molecular formula is C14H13ClN2O4. The van der Waals surface area contributed by atoms with E-state index in [1.807, 2.05) is 0 Å². The minimum atomic E-state index is -0.610. The number of nitrogens with one attached hydrogen (secondary N) is 1. The van der Waals surface area contributed by atoms with Crippen LogP contribution in [0.25, 0.3) is 5.69 Å². The van der Waals surface area contributed by atoms with Crippen LogP contribution in [0.15, 0.2) is 33.9 Å². The Morgan fingerprint density at radius 1 is 1.33 bits per heavy atom. The molecule has 0 saturated carbocycles. The molecular weight excluding hydrogens is 296 g/mol. The number of benzene rings is 1. The molecule has 2 aromatic rings. The number of nitrogens with zero attached hydrogens (tertiary/aromatic N) is 1. The number of carbonyl (C=O) groups is 1. The van der Waals surface area contributed by atoms with E-state index in [9.17, 15) is 14.4 Å². The first-order valence-corrected chi connectivity index (χ1v) is 6.62. The quantitative estimate of drug-likeness (QED) is 0.874. The van der Waals surface area contributed by atoms with Gasteiger partial charge in [-0.2, -0.15) is 0 Å². The highest BCUT2D eigenvalue weighted by atomic mass is 35.5. The van der Waals surface area contributed by atoms with E-state index in [0.717, 1.165) is 4.57 Å². The van der Waals surface area contributed by atoms with Crippen molar-refractivity contribution in [3.05, 3.63) is 61.4 Å². The fourth-order valence-corrected chi connectivity index (χ4v) is 2.07. The van der Waals surface area contributed by atoms with Crippen LogP contribution in [-0.2, 0) is 4.74 Å². The van der Waals surface area contributed by atoms with Crippen molar-refractivity contribution in [3.63, 3.8) is 0 Å². The van der Waals surface area contributed by atoms with Gasteiger partial charge in [-0.25, -0.2) is 14.2 Å². The van der Waals surface area contributed by atoms with Gasteiger partial charge in [0.15, 0.2) is 0 Å². The van der Waals surface area contributed by atoms with Gasteiger partial charge in [-0.05, 0) is 32.0 Å². The number of aromatic amines is 1. The number of ether oxygens (including phenoxy) is 1. The fraction of sp³-hybridized carbons (Fsp3) is 0.214. The molecule has 0 fully saturated rings. The highest BCUT2D eigenvalue weighted by molar-refractivity contribution is 6.33. The van der Waals surface area contributed by atoms with E-state index < -0.39 is 17.2 Å². The van der Waals surface area contributed by atoms with Crippen molar-refractivity contribution < 1.29 is 9.53 Å². The molecule has 0 aliphatic heterocycles. The maximum absolute atomic E-state index is 11.9. The Labute approximate surface area is 124 Å². The second kappa shape index (κ2) is 5.97. The van der Waals surface area contributed by atoms with Gasteiger partial charge in [0.25, 0.3) is 5.56 Å². The van der Waals surface area contributed by atoms with E-state index in [2.05, 4.69) is 4.98 Å². The minimum Gasteiger partial charge on any atom is -0.462 e. The van der Waals surface area contributed by atoms with E-state index in [0.29, 0.717) is 5.69 Å². The van der Waals surface area contributed by atoms with Crippen molar-refractivity contribution in [3.8, 4) is 5.69 Å². The lowest BCUT2D eigenvalue weighted by Crippen LogP contribution is -2.33. The maximum atomic E-state index is 11.9. The van der Waals surface area contributed by atoms with Crippen molar-refractivity contribution in [1.29, 1.82) is 0 Å². The minimum absolute atomic E-state index is 0.0999. The second-order valence-electron chi connectivity index (χ2n) is 4.32. The molecule has 0 radical (unpaired) electrons. The Morgan fingerprint density at radius 2 is 2.05 bits per heavy atom. The smallest absolute Gasteiger partial charge is 0.339 e. The van der Waals surface area contributed by atoms with Gasteiger partial charge in [0.1, 0.15) is 0 Å². The number of halogens is 1. The number of aromatic nitrogens is 2. The molecule has 0 aliphatic rings. The zero-order valence-electron chi connectivity index (χ0n) is 11.5. The van der Waals surface area contributed by atoms with Gasteiger partial charge in [0, 0.05) is 11.8 Å². The lowest BCUT2D eigenvalue weighted by molar-refractivity contribution is 0.0526. The van der Waals surface area contributed by atoms with Gasteiger partial charge in [-0.15, -0.1) is 0 Å². The third-order valence-corrected chi connectivity index (χ3v) is 3.10. The SMILES string of the molecule is CCOC(=O)c1cc(-n2c(=O)cc(C)[nH]c2=O)ccc1Cl. The zero-order chi connectivity index (χ0) is 15.6. The summed E-state index contributed by atoms with van der Waals surface area (Å²) in [7, 11) is 0. The van der Waals surface area contributed by atoms with Gasteiger partial charge in [-0.3, -0.25) is 4.79 Å². The summed E-state index contributed by atoms with van der Waals surface area (Å²) in [4.78, 5) is 38.2. The number of hydrogen-bond donors (Lipinski definition) is 1. The third kappa shape index (κ3) is 3.05. The molecule has 0 saturated heterocycles. The lowest BCUT2D eigenvalue weighted by Gasteiger charge is -2.08. The summed E-state index contributed by atoms with van der Waals surface area (Å²) >= 11 is 5.94. The van der Waals surface area contributed by atoms with Crippen LogP contribution in [0.4, 0.5) is 0 Å². The van der Waals surface area contributed by atoms with Crippen molar-refractivity contribution in [2.24, 2.45) is 0 Å². The van der Waals surface area contributed by atoms with Crippen LogP contribution in [0.3, 0.4) is 0 Å². The topological polar surface area (TPSA) is 81.2 Å². The van der Waals surface area contributed by atoms with Crippen LogP contribution in [0, 0.1) is 6.92 Å². The molecule has 0 spiro atoms. The van der Waals surface area contributed by atoms with Crippen LogP contribution in [0.1, 0.15) is 23.0 Å². The summed E-state index contributed by atoms with van der Waals surface area (Å²) in [6.07, 6.45) is 0. The van der Waals surface area contributed by atoms with Crippen molar-refractivity contribution in [1.82, 2.24) is 9.55 Å². The number of H-pyrrole nitrogens is 1. The van der Waals surface area contributed by atoms with Gasteiger partial charge < -0.3 is 9.72 Å². The Morgan fingerprint density at radius 3 is 2.67 bits per heavy atom. The highest BCUT2D eigenvalue weighted by Gasteiger charge is 2.14. The summed E-state index contributed by atoms with van der Waals surface area (Å²) < 4.78 is 5.81. The van der Waals surface area contributed by atoms with Crippen molar-refractivity contribution in [2.45, 2.75) is 13.8 Å². The van der Waals surface area contributed by atoms with Crippen molar-refractivity contribution in [2.75, 3.05) is 6.61 Å². The lowest BCUT2D eigenvalue weighted by atomic mass is 10.2. The summed E-state index contributed by atoms with van der Waals surface area (Å²) in [5.41, 5.74) is -0.275. The molecule has 0 unspecified atom stereocenters. The predicted molar refractivity (Wildman–Crippen MR) is 78.4 cm³/mol. The van der Waals surface area contributed by atoms with E-state index >= 15 is 0 Å². The Bertz CT molecular complexity index is 776. The van der Waals surface area contributed by atoms with Crippen LogP contribution >= 0.6 is 11.6 Å². The number of carbonyl (C=O) groups excluding carboxylic acids is 1. The van der Waals surface area contributed by atoms with Crippen LogP contribution < -0.4 is 11.2 Å². The molecule has 6 nitrogen and oxygen atoms in total. The molecule has 7 heteroatoms. The van der Waals surface area contributed by atoms with Crippen LogP contribution in [0.5, 0.6) is 0 Å². The first kappa shape index (κ1) is 15.1. The van der Waals surface area contributed by atoms with E-state index in [-0.39, 0.29) is 22.9 Å². The molecule has 0 bridgehead atoms. The Balaban J connectivity index is 2.62. The van der Waals surface area contributed by atoms with Crippen LogP contribution in [0.2, 0.25) is 5.02 Å². The molecule has 1 aromatic heterocycles. The first-order chi connectivity index (χ1) is 9.93. The summed E-state index contributed by atoms with van der Waals surface area (Å²) in [6, 6.07) is 5.57.